The molecule has 0 radical (unpaired) electrons. The molecule has 1 atom stereocenters. The average Bonchev–Trinajstić information content (AvgIpc) is 2.97. The second-order valence-corrected chi connectivity index (χ2v) is 5.66. The molecule has 1 aliphatic rings. The molecule has 3 rings (SSSR count). The van der Waals surface area contributed by atoms with Crippen LogP contribution in [0, 0.1) is 0 Å². The van der Waals surface area contributed by atoms with Gasteiger partial charge in [-0.15, -0.1) is 0 Å². The van der Waals surface area contributed by atoms with E-state index in [4.69, 9.17) is 0 Å². The van der Waals surface area contributed by atoms with Gasteiger partial charge in [0.15, 0.2) is 0 Å². The number of hydrogen-bond donors (Lipinski definition) is 0. The Morgan fingerprint density at radius 1 is 1.45 bits per heavy atom. The molecule has 4 heteroatoms. The van der Waals surface area contributed by atoms with Crippen LogP contribution in [0.25, 0.3) is 0 Å². The van der Waals surface area contributed by atoms with Gasteiger partial charge >= 0.3 is 0 Å². The number of hydrogen-bond acceptors (Lipinski definition) is 2. The molecule has 114 valence electrons. The molecule has 0 N–H and O–H groups in total. The summed E-state index contributed by atoms with van der Waals surface area (Å²) in [5.74, 6) is 0.409. The van der Waals surface area contributed by atoms with E-state index in [9.17, 15) is 4.79 Å². The van der Waals surface area contributed by atoms with Crippen molar-refractivity contribution in [3.05, 3.63) is 66.0 Å². The maximum absolute atomic E-state index is 12.2. The molecule has 0 bridgehead atoms. The van der Waals surface area contributed by atoms with Gasteiger partial charge < -0.3 is 4.90 Å². The number of aryl methyl sites for hydroxylation is 1. The molecule has 1 aromatic heterocycles. The van der Waals surface area contributed by atoms with Crippen molar-refractivity contribution >= 4 is 5.91 Å². The minimum Gasteiger partial charge on any atom is -0.333 e. The Balaban J connectivity index is 1.74. The normalized spacial score (nSPS) is 15.8. The van der Waals surface area contributed by atoms with Crippen molar-refractivity contribution in [2.45, 2.75) is 32.4 Å². The van der Waals surface area contributed by atoms with Gasteiger partial charge in [0, 0.05) is 25.2 Å². The van der Waals surface area contributed by atoms with Crippen LogP contribution < -0.4 is 0 Å². The van der Waals surface area contributed by atoms with Crippen LogP contribution in [0.15, 0.2) is 49.2 Å². The second kappa shape index (κ2) is 6.18. The highest BCUT2D eigenvalue weighted by molar-refractivity contribution is 5.87. The van der Waals surface area contributed by atoms with E-state index in [1.807, 2.05) is 15.6 Å². The van der Waals surface area contributed by atoms with E-state index in [1.165, 1.54) is 17.2 Å². The fourth-order valence-corrected chi connectivity index (χ4v) is 3.13. The first-order valence-corrected chi connectivity index (χ1v) is 7.72. The van der Waals surface area contributed by atoms with Gasteiger partial charge in [-0.2, -0.15) is 5.10 Å². The summed E-state index contributed by atoms with van der Waals surface area (Å²) in [7, 11) is 0. The molecule has 1 amide bonds. The summed E-state index contributed by atoms with van der Waals surface area (Å²) >= 11 is 0. The average molecular weight is 295 g/mol. The van der Waals surface area contributed by atoms with Gasteiger partial charge in [-0.1, -0.05) is 30.8 Å². The van der Waals surface area contributed by atoms with Crippen molar-refractivity contribution in [3.8, 4) is 0 Å². The lowest BCUT2D eigenvalue weighted by Crippen LogP contribution is -2.37. The fourth-order valence-electron chi connectivity index (χ4n) is 3.13. The van der Waals surface area contributed by atoms with Gasteiger partial charge in [0.05, 0.1) is 12.2 Å². The van der Waals surface area contributed by atoms with Crippen LogP contribution in [0.4, 0.5) is 0 Å². The van der Waals surface area contributed by atoms with E-state index in [-0.39, 0.29) is 5.91 Å². The van der Waals surface area contributed by atoms with Gasteiger partial charge in [0.2, 0.25) is 5.91 Å². The topological polar surface area (TPSA) is 38.1 Å². The van der Waals surface area contributed by atoms with Crippen LogP contribution >= 0.6 is 0 Å². The molecule has 0 aliphatic heterocycles. The highest BCUT2D eigenvalue weighted by Crippen LogP contribution is 2.35. The van der Waals surface area contributed by atoms with Crippen molar-refractivity contribution in [2.24, 2.45) is 0 Å². The predicted molar refractivity (Wildman–Crippen MR) is 86.4 cm³/mol. The summed E-state index contributed by atoms with van der Waals surface area (Å²) in [6.45, 7) is 7.81. The highest BCUT2D eigenvalue weighted by Gasteiger charge is 2.28. The number of benzene rings is 1. The second-order valence-electron chi connectivity index (χ2n) is 5.66. The molecule has 2 aromatic rings. The molecule has 0 saturated carbocycles. The molecule has 0 fully saturated rings. The van der Waals surface area contributed by atoms with Gasteiger partial charge in [-0.25, -0.2) is 0 Å². The quantitative estimate of drug-likeness (QED) is 0.769. The van der Waals surface area contributed by atoms with Crippen molar-refractivity contribution in [2.75, 3.05) is 6.54 Å². The molecule has 4 nitrogen and oxygen atoms in total. The molecule has 1 heterocycles. The molecule has 0 spiro atoms. The van der Waals surface area contributed by atoms with E-state index in [0.29, 0.717) is 12.5 Å². The zero-order valence-electron chi connectivity index (χ0n) is 12.9. The van der Waals surface area contributed by atoms with E-state index in [2.05, 4.69) is 42.9 Å². The Kier molecular flexibility index (Phi) is 4.09. The first-order chi connectivity index (χ1) is 10.7. The number of carbonyl (C=O) groups excluding carboxylic acids is 1. The van der Waals surface area contributed by atoms with Gasteiger partial charge in [-0.05, 0) is 36.6 Å². The zero-order valence-corrected chi connectivity index (χ0v) is 12.9. The zero-order chi connectivity index (χ0) is 15.5. The van der Waals surface area contributed by atoms with E-state index < -0.39 is 0 Å². The molecular weight excluding hydrogens is 274 g/mol. The lowest BCUT2D eigenvalue weighted by molar-refractivity contribution is -0.127. The summed E-state index contributed by atoms with van der Waals surface area (Å²) in [4.78, 5) is 14.1. The summed E-state index contributed by atoms with van der Waals surface area (Å²) < 4.78 is 1.93. The monoisotopic (exact) mass is 295 g/mol. The van der Waals surface area contributed by atoms with Crippen molar-refractivity contribution < 1.29 is 4.79 Å². The van der Waals surface area contributed by atoms with Crippen molar-refractivity contribution in [1.82, 2.24) is 14.7 Å². The Morgan fingerprint density at radius 2 is 2.27 bits per heavy atom. The Hall–Kier alpha value is -2.36. The Labute approximate surface area is 131 Å². The largest absolute Gasteiger partial charge is 0.333 e. The van der Waals surface area contributed by atoms with Crippen molar-refractivity contribution in [1.29, 1.82) is 0 Å². The number of nitrogens with zero attached hydrogens (tertiary/aromatic N) is 3. The van der Waals surface area contributed by atoms with Crippen LogP contribution in [0.1, 0.15) is 29.7 Å². The van der Waals surface area contributed by atoms with Crippen LogP contribution in [0.5, 0.6) is 0 Å². The molecule has 1 aromatic carbocycles. The number of rotatable bonds is 6. The highest BCUT2D eigenvalue weighted by atomic mass is 16.2. The SMILES string of the molecule is C=CC(=O)N(Cc1ccnn1CC)CC1Cc2ccccc21. The summed E-state index contributed by atoms with van der Waals surface area (Å²) in [5.41, 5.74) is 3.83. The smallest absolute Gasteiger partial charge is 0.246 e. The van der Waals surface area contributed by atoms with E-state index in [1.54, 1.807) is 6.20 Å². The summed E-state index contributed by atoms with van der Waals surface area (Å²) in [6.07, 6.45) is 4.23. The molecular formula is C18H21N3O. The standard InChI is InChI=1S/C18H21N3O/c1-3-18(22)20(13-16-9-10-19-21(16)4-2)12-15-11-14-7-5-6-8-17(14)15/h3,5-10,15H,1,4,11-13H2,2H3. The summed E-state index contributed by atoms with van der Waals surface area (Å²) in [5, 5.41) is 4.28. The van der Waals surface area contributed by atoms with E-state index >= 15 is 0 Å². The maximum Gasteiger partial charge on any atom is 0.246 e. The van der Waals surface area contributed by atoms with Gasteiger partial charge in [-0.3, -0.25) is 9.48 Å². The van der Waals surface area contributed by atoms with Crippen LogP contribution in [-0.4, -0.2) is 27.1 Å². The number of amides is 1. The Morgan fingerprint density at radius 3 is 3.00 bits per heavy atom. The van der Waals surface area contributed by atoms with Crippen LogP contribution in [0.3, 0.4) is 0 Å². The number of aromatic nitrogens is 2. The first-order valence-electron chi connectivity index (χ1n) is 7.72. The number of fused-ring (bicyclic) bond motifs is 1. The van der Waals surface area contributed by atoms with Crippen LogP contribution in [-0.2, 0) is 24.3 Å². The van der Waals surface area contributed by atoms with Crippen LogP contribution in [0.2, 0.25) is 0 Å². The Bertz CT molecular complexity index is 689. The third-order valence-electron chi connectivity index (χ3n) is 4.35. The maximum atomic E-state index is 12.2. The minimum absolute atomic E-state index is 0.0202. The van der Waals surface area contributed by atoms with Gasteiger partial charge in [0.25, 0.3) is 0 Å². The van der Waals surface area contributed by atoms with Gasteiger partial charge in [0.1, 0.15) is 0 Å². The van der Waals surface area contributed by atoms with E-state index in [0.717, 1.165) is 25.2 Å². The third kappa shape index (κ3) is 2.69. The fraction of sp³-hybridized carbons (Fsp3) is 0.333. The minimum atomic E-state index is -0.0202. The first kappa shape index (κ1) is 14.6. The molecule has 0 saturated heterocycles. The number of carbonyl (C=O) groups is 1. The lowest BCUT2D eigenvalue weighted by atomic mass is 9.77. The molecule has 22 heavy (non-hydrogen) atoms. The lowest BCUT2D eigenvalue weighted by Gasteiger charge is -2.34. The molecule has 1 aliphatic carbocycles. The predicted octanol–water partition coefficient (Wildman–Crippen LogP) is 2.76. The third-order valence-corrected chi connectivity index (χ3v) is 4.35. The summed E-state index contributed by atoms with van der Waals surface area (Å²) in [6, 6.07) is 10.4. The molecule has 1 unspecified atom stereocenters. The van der Waals surface area contributed by atoms with Crippen molar-refractivity contribution in [3.63, 3.8) is 0 Å².